The molecule has 160 valence electrons. The number of alkyl halides is 2. The van der Waals surface area contributed by atoms with Crippen LogP contribution in [0, 0.1) is 6.92 Å². The van der Waals surface area contributed by atoms with Gasteiger partial charge in [-0.1, -0.05) is 30.3 Å². The van der Waals surface area contributed by atoms with Gasteiger partial charge >= 0.3 is 6.55 Å². The van der Waals surface area contributed by atoms with E-state index in [1.807, 2.05) is 0 Å². The van der Waals surface area contributed by atoms with Crippen LogP contribution in [0.2, 0.25) is 0 Å². The van der Waals surface area contributed by atoms with E-state index >= 15 is 0 Å². The van der Waals surface area contributed by atoms with Crippen LogP contribution >= 0.6 is 0 Å². The third-order valence-corrected chi connectivity index (χ3v) is 4.47. The lowest BCUT2D eigenvalue weighted by Crippen LogP contribution is -2.47. The van der Waals surface area contributed by atoms with E-state index in [-0.39, 0.29) is 17.7 Å². The van der Waals surface area contributed by atoms with E-state index in [2.05, 4.69) is 15.4 Å². The maximum absolute atomic E-state index is 13.2. The molecule has 2 heterocycles. The van der Waals surface area contributed by atoms with Gasteiger partial charge in [0, 0.05) is 30.6 Å². The van der Waals surface area contributed by atoms with Crippen molar-refractivity contribution in [1.82, 2.24) is 20.1 Å². The lowest BCUT2D eigenvalue weighted by atomic mass is 10.0. The van der Waals surface area contributed by atoms with Gasteiger partial charge in [-0.05, 0) is 24.1 Å². The normalized spacial score (nSPS) is 11.9. The molecule has 0 radical (unpaired) electrons. The molecule has 0 fully saturated rings. The predicted molar refractivity (Wildman–Crippen MR) is 107 cm³/mol. The zero-order chi connectivity index (χ0) is 22.5. The van der Waals surface area contributed by atoms with Gasteiger partial charge in [0.1, 0.15) is 11.7 Å². The van der Waals surface area contributed by atoms with Gasteiger partial charge in [-0.3, -0.25) is 19.4 Å². The Bertz CT molecular complexity index is 1120. The maximum Gasteiger partial charge on any atom is 0.333 e. The van der Waals surface area contributed by atoms with Gasteiger partial charge in [0.15, 0.2) is 0 Å². The third-order valence-electron chi connectivity index (χ3n) is 4.47. The van der Waals surface area contributed by atoms with Crippen LogP contribution in [0.15, 0.2) is 55.0 Å². The first-order valence-corrected chi connectivity index (χ1v) is 9.24. The molecule has 3 rings (SSSR count). The number of pyridine rings is 1. The topological polar surface area (TPSA) is 120 Å². The highest BCUT2D eigenvalue weighted by Gasteiger charge is 2.28. The first-order chi connectivity index (χ1) is 14.8. The minimum atomic E-state index is -2.98. The second-order valence-corrected chi connectivity index (χ2v) is 6.84. The molecule has 2 aromatic heterocycles. The molecule has 10 heteroatoms. The molecular formula is C21H19F2N5O3. The van der Waals surface area contributed by atoms with E-state index < -0.39 is 30.2 Å². The zero-order valence-corrected chi connectivity index (χ0v) is 16.5. The highest BCUT2D eigenvalue weighted by atomic mass is 19.3. The molecule has 0 saturated carbocycles. The van der Waals surface area contributed by atoms with Crippen LogP contribution in [0.1, 0.15) is 28.0 Å². The van der Waals surface area contributed by atoms with Gasteiger partial charge in [-0.2, -0.15) is 13.9 Å². The number of carbonyl (C=O) groups is 3. The number of hydrogen-bond acceptors (Lipinski definition) is 5. The molecule has 0 bridgehead atoms. The van der Waals surface area contributed by atoms with Crippen LogP contribution in [0.4, 0.5) is 8.78 Å². The number of nitrogens with zero attached hydrogens (tertiary/aromatic N) is 3. The monoisotopic (exact) mass is 427 g/mol. The van der Waals surface area contributed by atoms with Crippen molar-refractivity contribution in [3.05, 3.63) is 71.7 Å². The van der Waals surface area contributed by atoms with Crippen molar-refractivity contribution in [2.24, 2.45) is 5.73 Å². The number of nitrogens with two attached hydrogens (primary N) is 1. The van der Waals surface area contributed by atoms with Crippen molar-refractivity contribution < 1.29 is 23.2 Å². The smallest absolute Gasteiger partial charge is 0.333 e. The summed E-state index contributed by atoms with van der Waals surface area (Å²) in [7, 11) is 0. The molecule has 0 aliphatic heterocycles. The average Bonchev–Trinajstić information content (AvgIpc) is 3.19. The van der Waals surface area contributed by atoms with Crippen LogP contribution in [0.25, 0.3) is 11.3 Å². The SMILES string of the molecule is Cc1cncc(-c2nn(C(F)F)cc2C(=O)NC(Cc2ccccc2)C(=O)C(N)=O)c1. The summed E-state index contributed by atoms with van der Waals surface area (Å²) in [6.07, 6.45) is 3.83. The molecule has 31 heavy (non-hydrogen) atoms. The fourth-order valence-electron chi connectivity index (χ4n) is 3.02. The summed E-state index contributed by atoms with van der Waals surface area (Å²) >= 11 is 0. The molecule has 0 saturated heterocycles. The summed E-state index contributed by atoms with van der Waals surface area (Å²) < 4.78 is 26.8. The van der Waals surface area contributed by atoms with Crippen molar-refractivity contribution in [2.45, 2.75) is 25.9 Å². The summed E-state index contributed by atoms with van der Waals surface area (Å²) in [5.74, 6) is -3.07. The molecule has 2 amide bonds. The molecule has 0 spiro atoms. The van der Waals surface area contributed by atoms with E-state index in [0.29, 0.717) is 15.8 Å². The van der Waals surface area contributed by atoms with Crippen LogP contribution in [-0.2, 0) is 16.0 Å². The fraction of sp³-hybridized carbons (Fsp3) is 0.190. The Hall–Kier alpha value is -3.95. The predicted octanol–water partition coefficient (Wildman–Crippen LogP) is 2.04. The number of halogens is 2. The summed E-state index contributed by atoms with van der Waals surface area (Å²) in [6, 6.07) is 9.03. The fourth-order valence-corrected chi connectivity index (χ4v) is 3.02. The standard InChI is InChI=1S/C21H19F2N5O3/c1-12-7-14(10-25-9-12)17-15(11-28(27-17)21(22)23)20(31)26-16(18(29)19(24)30)8-13-5-3-2-4-6-13/h2-7,9-11,16,21H,8H2,1H3,(H2,24,30)(H,26,31). The van der Waals surface area contributed by atoms with Gasteiger partial charge in [-0.15, -0.1) is 0 Å². The van der Waals surface area contributed by atoms with Gasteiger partial charge in [0.05, 0.1) is 5.56 Å². The van der Waals surface area contributed by atoms with E-state index in [9.17, 15) is 23.2 Å². The number of amides is 2. The van der Waals surface area contributed by atoms with Crippen molar-refractivity contribution in [2.75, 3.05) is 0 Å². The minimum absolute atomic E-state index is 0.00132. The number of nitrogens with one attached hydrogen (secondary N) is 1. The Labute approximate surface area is 176 Å². The molecule has 1 unspecified atom stereocenters. The van der Waals surface area contributed by atoms with E-state index in [1.165, 1.54) is 6.20 Å². The molecule has 0 aliphatic rings. The Kier molecular flexibility index (Phi) is 6.49. The Balaban J connectivity index is 1.96. The number of hydrogen-bond donors (Lipinski definition) is 2. The first kappa shape index (κ1) is 21.8. The summed E-state index contributed by atoms with van der Waals surface area (Å²) in [5.41, 5.74) is 6.67. The molecule has 3 N–H and O–H groups in total. The number of Topliss-reactive ketones (excluding diaryl/α,β-unsaturated/α-hetero) is 1. The average molecular weight is 427 g/mol. The number of rotatable bonds is 8. The van der Waals surface area contributed by atoms with Crippen molar-refractivity contribution in [1.29, 1.82) is 0 Å². The Morgan fingerprint density at radius 3 is 2.48 bits per heavy atom. The summed E-state index contributed by atoms with van der Waals surface area (Å²) in [4.78, 5) is 40.7. The number of aromatic nitrogens is 3. The highest BCUT2D eigenvalue weighted by molar-refractivity contribution is 6.38. The lowest BCUT2D eigenvalue weighted by Gasteiger charge is -2.16. The zero-order valence-electron chi connectivity index (χ0n) is 16.5. The van der Waals surface area contributed by atoms with Gasteiger partial charge in [0.25, 0.3) is 11.8 Å². The van der Waals surface area contributed by atoms with Crippen molar-refractivity contribution in [3.8, 4) is 11.3 Å². The third kappa shape index (κ3) is 5.16. The molecular weight excluding hydrogens is 408 g/mol. The highest BCUT2D eigenvalue weighted by Crippen LogP contribution is 2.25. The number of benzene rings is 1. The Morgan fingerprint density at radius 1 is 1.16 bits per heavy atom. The van der Waals surface area contributed by atoms with E-state index in [4.69, 9.17) is 5.73 Å². The lowest BCUT2D eigenvalue weighted by molar-refractivity contribution is -0.137. The summed E-state index contributed by atoms with van der Waals surface area (Å²) in [6.45, 7) is -1.23. The molecule has 3 aromatic rings. The van der Waals surface area contributed by atoms with Gasteiger partial charge in [-0.25, -0.2) is 4.68 Å². The molecule has 0 aliphatic carbocycles. The van der Waals surface area contributed by atoms with E-state index in [0.717, 1.165) is 11.8 Å². The largest absolute Gasteiger partial charge is 0.363 e. The van der Waals surface area contributed by atoms with Crippen molar-refractivity contribution in [3.63, 3.8) is 0 Å². The number of primary amides is 1. The van der Waals surface area contributed by atoms with Gasteiger partial charge in [0.2, 0.25) is 5.78 Å². The molecule has 1 atom stereocenters. The van der Waals surface area contributed by atoms with Gasteiger partial charge < -0.3 is 11.1 Å². The quantitative estimate of drug-likeness (QED) is 0.533. The van der Waals surface area contributed by atoms with Crippen LogP contribution in [-0.4, -0.2) is 38.4 Å². The maximum atomic E-state index is 13.2. The van der Waals surface area contributed by atoms with Crippen molar-refractivity contribution >= 4 is 17.6 Å². The second-order valence-electron chi connectivity index (χ2n) is 6.84. The second kappa shape index (κ2) is 9.24. The molecule has 1 aromatic carbocycles. The molecule has 8 nitrogen and oxygen atoms in total. The number of aryl methyl sites for hydroxylation is 1. The van der Waals surface area contributed by atoms with Crippen LogP contribution < -0.4 is 11.1 Å². The number of ketones is 1. The number of carbonyl (C=O) groups excluding carboxylic acids is 3. The van der Waals surface area contributed by atoms with Crippen LogP contribution in [0.5, 0.6) is 0 Å². The first-order valence-electron chi connectivity index (χ1n) is 9.24. The van der Waals surface area contributed by atoms with E-state index in [1.54, 1.807) is 49.5 Å². The summed E-state index contributed by atoms with van der Waals surface area (Å²) in [5, 5.41) is 6.23. The van der Waals surface area contributed by atoms with Crippen LogP contribution in [0.3, 0.4) is 0 Å². The minimum Gasteiger partial charge on any atom is -0.363 e. The Morgan fingerprint density at radius 2 is 1.87 bits per heavy atom.